The van der Waals surface area contributed by atoms with Gasteiger partial charge in [-0.3, -0.25) is 4.68 Å². The van der Waals surface area contributed by atoms with Gasteiger partial charge in [0.2, 0.25) is 0 Å². The Balaban J connectivity index is 2.13. The van der Waals surface area contributed by atoms with Crippen LogP contribution in [0.4, 0.5) is 4.39 Å². The fourth-order valence-electron chi connectivity index (χ4n) is 3.05. The molecule has 0 radical (unpaired) electrons. The van der Waals surface area contributed by atoms with E-state index in [-0.39, 0.29) is 11.5 Å². The highest BCUT2D eigenvalue weighted by Gasteiger charge is 2.25. The van der Waals surface area contributed by atoms with Crippen LogP contribution >= 0.6 is 0 Å². The number of carboxylic acids is 1. The molecule has 5 heteroatoms. The first kappa shape index (κ1) is 14.5. The summed E-state index contributed by atoms with van der Waals surface area (Å²) in [6.45, 7) is 0. The van der Waals surface area contributed by atoms with E-state index < -0.39 is 5.97 Å². The van der Waals surface area contributed by atoms with Crippen LogP contribution in [0.25, 0.3) is 11.6 Å². The lowest BCUT2D eigenvalue weighted by Crippen LogP contribution is -2.02. The molecule has 1 aromatic carbocycles. The molecule has 0 spiro atoms. The number of aromatic nitrogens is 2. The number of hydrogen-bond acceptors (Lipinski definition) is 2. The van der Waals surface area contributed by atoms with Crippen molar-refractivity contribution in [3.8, 4) is 0 Å². The fourth-order valence-corrected chi connectivity index (χ4v) is 3.05. The van der Waals surface area contributed by atoms with Gasteiger partial charge in [0.05, 0.1) is 5.69 Å². The van der Waals surface area contributed by atoms with Crippen LogP contribution in [0.3, 0.4) is 0 Å². The van der Waals surface area contributed by atoms with E-state index in [1.54, 1.807) is 17.8 Å². The first-order valence-electron chi connectivity index (χ1n) is 7.32. The summed E-state index contributed by atoms with van der Waals surface area (Å²) in [5.74, 6) is -1.27. The Bertz CT molecular complexity index is 762. The van der Waals surface area contributed by atoms with E-state index in [0.29, 0.717) is 6.42 Å². The van der Waals surface area contributed by atoms with Crippen molar-refractivity contribution in [1.29, 1.82) is 0 Å². The molecule has 1 aliphatic carbocycles. The predicted octanol–water partition coefficient (Wildman–Crippen LogP) is 3.52. The molecular formula is C17H17FN2O2. The number of fused-ring (bicyclic) bond motifs is 1. The average Bonchev–Trinajstić information content (AvgIpc) is 2.65. The number of carboxylic acid groups (broad SMARTS) is 1. The molecule has 1 aliphatic rings. The second kappa shape index (κ2) is 5.75. The maximum atomic E-state index is 13.4. The normalized spacial score (nSPS) is 16.4. The van der Waals surface area contributed by atoms with Crippen molar-refractivity contribution in [1.82, 2.24) is 9.78 Å². The molecule has 1 aromatic heterocycles. The summed E-state index contributed by atoms with van der Waals surface area (Å²) >= 11 is 0. The number of rotatable bonds is 2. The second-order valence-electron chi connectivity index (χ2n) is 5.54. The van der Waals surface area contributed by atoms with Crippen LogP contribution in [-0.4, -0.2) is 20.9 Å². The molecule has 3 rings (SSSR count). The number of allylic oxidation sites excluding steroid dienone is 1. The van der Waals surface area contributed by atoms with Gasteiger partial charge in [-0.25, -0.2) is 9.18 Å². The summed E-state index contributed by atoms with van der Waals surface area (Å²) in [7, 11) is 1.76. The fraction of sp³-hybridized carbons (Fsp3) is 0.294. The zero-order chi connectivity index (χ0) is 15.7. The first-order chi connectivity index (χ1) is 10.6. The molecule has 0 bridgehead atoms. The highest BCUT2D eigenvalue weighted by Crippen LogP contribution is 2.32. The zero-order valence-corrected chi connectivity index (χ0v) is 12.3. The summed E-state index contributed by atoms with van der Waals surface area (Å²) < 4.78 is 15.0. The molecule has 114 valence electrons. The van der Waals surface area contributed by atoms with Crippen LogP contribution in [-0.2, 0) is 13.5 Å². The van der Waals surface area contributed by atoms with Crippen LogP contribution in [0.5, 0.6) is 0 Å². The zero-order valence-electron chi connectivity index (χ0n) is 12.3. The Morgan fingerprint density at radius 2 is 2.14 bits per heavy atom. The molecule has 2 aromatic rings. The quantitative estimate of drug-likeness (QED) is 0.863. The Morgan fingerprint density at radius 1 is 1.36 bits per heavy atom. The van der Waals surface area contributed by atoms with E-state index in [9.17, 15) is 14.3 Å². The van der Waals surface area contributed by atoms with Gasteiger partial charge < -0.3 is 5.11 Å². The average molecular weight is 300 g/mol. The third-order valence-electron chi connectivity index (χ3n) is 3.96. The standard InChI is InChI=1S/C17H17FN2O2/c1-20-16-12(9-11-5-4-7-13(18)10-11)6-2-3-8-14(16)15(19-20)17(21)22/h4-5,7,9-10H,2-3,6,8H2,1H3,(H,21,22). The molecule has 0 saturated heterocycles. The van der Waals surface area contributed by atoms with Crippen molar-refractivity contribution in [3.63, 3.8) is 0 Å². The predicted molar refractivity (Wildman–Crippen MR) is 82.0 cm³/mol. The summed E-state index contributed by atoms with van der Waals surface area (Å²) in [6, 6.07) is 6.40. The molecule has 1 N–H and O–H groups in total. The molecule has 4 nitrogen and oxygen atoms in total. The van der Waals surface area contributed by atoms with Crippen molar-refractivity contribution in [2.45, 2.75) is 25.7 Å². The van der Waals surface area contributed by atoms with Crippen molar-refractivity contribution >= 4 is 17.6 Å². The third kappa shape index (κ3) is 2.66. The molecule has 0 atom stereocenters. The van der Waals surface area contributed by atoms with Gasteiger partial charge in [0.1, 0.15) is 5.82 Å². The second-order valence-corrected chi connectivity index (χ2v) is 5.54. The van der Waals surface area contributed by atoms with Crippen LogP contribution in [0.1, 0.15) is 46.6 Å². The Hall–Kier alpha value is -2.43. The summed E-state index contributed by atoms with van der Waals surface area (Å²) in [6.07, 6.45) is 5.39. The minimum absolute atomic E-state index is 0.129. The Labute approximate surface area is 127 Å². The lowest BCUT2D eigenvalue weighted by molar-refractivity contribution is 0.0688. The van der Waals surface area contributed by atoms with Crippen LogP contribution in [0, 0.1) is 5.82 Å². The van der Waals surface area contributed by atoms with Gasteiger partial charge >= 0.3 is 5.97 Å². The number of halogens is 1. The number of nitrogens with zero attached hydrogens (tertiary/aromatic N) is 2. The molecule has 1 heterocycles. The number of carbonyl (C=O) groups is 1. The Morgan fingerprint density at radius 3 is 2.86 bits per heavy atom. The minimum Gasteiger partial charge on any atom is -0.476 e. The molecule has 0 saturated carbocycles. The van der Waals surface area contributed by atoms with Gasteiger partial charge in [-0.05, 0) is 55.0 Å². The van der Waals surface area contributed by atoms with E-state index in [1.165, 1.54) is 12.1 Å². The lowest BCUT2D eigenvalue weighted by atomic mass is 10.0. The lowest BCUT2D eigenvalue weighted by Gasteiger charge is -2.07. The SMILES string of the molecule is Cn1nc(C(=O)O)c2c1C(=Cc1cccc(F)c1)CCCC2. The molecular weight excluding hydrogens is 283 g/mol. The summed E-state index contributed by atoms with van der Waals surface area (Å²) in [5.41, 5.74) is 3.57. The highest BCUT2D eigenvalue weighted by atomic mass is 19.1. The highest BCUT2D eigenvalue weighted by molar-refractivity contribution is 5.91. The van der Waals surface area contributed by atoms with Crippen LogP contribution in [0.2, 0.25) is 0 Å². The largest absolute Gasteiger partial charge is 0.476 e. The number of benzene rings is 1. The van der Waals surface area contributed by atoms with Crippen LogP contribution in [0.15, 0.2) is 24.3 Å². The van der Waals surface area contributed by atoms with Crippen molar-refractivity contribution in [2.24, 2.45) is 7.05 Å². The molecule has 0 fully saturated rings. The van der Waals surface area contributed by atoms with Crippen molar-refractivity contribution in [3.05, 3.63) is 52.6 Å². The van der Waals surface area contributed by atoms with Gasteiger partial charge in [-0.2, -0.15) is 5.10 Å². The van der Waals surface area contributed by atoms with E-state index >= 15 is 0 Å². The molecule has 0 aliphatic heterocycles. The smallest absolute Gasteiger partial charge is 0.356 e. The Kier molecular flexibility index (Phi) is 3.79. The monoisotopic (exact) mass is 300 g/mol. The van der Waals surface area contributed by atoms with Gasteiger partial charge in [0.15, 0.2) is 5.69 Å². The summed E-state index contributed by atoms with van der Waals surface area (Å²) in [4.78, 5) is 11.4. The van der Waals surface area contributed by atoms with Gasteiger partial charge in [-0.1, -0.05) is 12.1 Å². The van der Waals surface area contributed by atoms with E-state index in [1.807, 2.05) is 12.1 Å². The minimum atomic E-state index is -0.996. The molecule has 0 unspecified atom stereocenters. The van der Waals surface area contributed by atoms with Gasteiger partial charge in [0.25, 0.3) is 0 Å². The maximum Gasteiger partial charge on any atom is 0.356 e. The maximum absolute atomic E-state index is 13.4. The summed E-state index contributed by atoms with van der Waals surface area (Å²) in [5, 5.41) is 13.5. The van der Waals surface area contributed by atoms with Crippen LogP contribution < -0.4 is 0 Å². The van der Waals surface area contributed by atoms with E-state index in [2.05, 4.69) is 5.10 Å². The van der Waals surface area contributed by atoms with E-state index in [4.69, 9.17) is 0 Å². The number of aromatic carboxylic acids is 1. The van der Waals surface area contributed by atoms with Gasteiger partial charge in [0, 0.05) is 12.6 Å². The van der Waals surface area contributed by atoms with Crippen molar-refractivity contribution < 1.29 is 14.3 Å². The van der Waals surface area contributed by atoms with Gasteiger partial charge in [-0.15, -0.1) is 0 Å². The third-order valence-corrected chi connectivity index (χ3v) is 3.96. The first-order valence-corrected chi connectivity index (χ1v) is 7.32. The van der Waals surface area contributed by atoms with Crippen molar-refractivity contribution in [2.75, 3.05) is 0 Å². The molecule has 22 heavy (non-hydrogen) atoms. The number of hydrogen-bond donors (Lipinski definition) is 1. The molecule has 0 amide bonds. The van der Waals surface area contributed by atoms with E-state index in [0.717, 1.165) is 41.7 Å². The topological polar surface area (TPSA) is 55.1 Å². The number of aryl methyl sites for hydroxylation is 1.